The number of carbonyl (C=O) groups is 1. The minimum absolute atomic E-state index is 0.147. The predicted octanol–water partition coefficient (Wildman–Crippen LogP) is 4.94. The van der Waals surface area contributed by atoms with E-state index in [4.69, 9.17) is 0 Å². The molecule has 4 heteroatoms. The van der Waals surface area contributed by atoms with Crippen molar-refractivity contribution in [3.05, 3.63) is 69.9 Å². The summed E-state index contributed by atoms with van der Waals surface area (Å²) in [4.78, 5) is 15.0. The fourth-order valence-electron chi connectivity index (χ4n) is 2.34. The van der Waals surface area contributed by atoms with Crippen LogP contribution in [0.3, 0.4) is 0 Å². The molecule has 122 valence electrons. The van der Waals surface area contributed by atoms with Crippen molar-refractivity contribution < 1.29 is 4.79 Å². The Morgan fingerprint density at radius 1 is 1.21 bits per heavy atom. The molecule has 0 spiro atoms. The summed E-state index contributed by atoms with van der Waals surface area (Å²) in [6.45, 7) is 6.22. The Kier molecular flexibility index (Phi) is 6.53. The van der Waals surface area contributed by atoms with Crippen LogP contribution in [-0.4, -0.2) is 18.9 Å². The number of rotatable bonds is 7. The average Bonchev–Trinajstić information content (AvgIpc) is 3.15. The highest BCUT2D eigenvalue weighted by Crippen LogP contribution is 2.17. The van der Waals surface area contributed by atoms with E-state index in [-0.39, 0.29) is 11.4 Å². The third-order valence-electron chi connectivity index (χ3n) is 3.68. The quantitative estimate of drug-likeness (QED) is 0.311. The molecule has 0 fully saturated rings. The van der Waals surface area contributed by atoms with E-state index < -0.39 is 0 Å². The lowest BCUT2D eigenvalue weighted by Gasteiger charge is -2.20. The first-order chi connectivity index (χ1) is 11.7. The van der Waals surface area contributed by atoms with Gasteiger partial charge in [-0.1, -0.05) is 30.4 Å². The van der Waals surface area contributed by atoms with Gasteiger partial charge in [-0.3, -0.25) is 4.79 Å². The monoisotopic (exact) mass is 336 g/mol. The van der Waals surface area contributed by atoms with Crippen molar-refractivity contribution in [3.8, 4) is 6.07 Å². The van der Waals surface area contributed by atoms with Gasteiger partial charge in [-0.2, -0.15) is 5.26 Å². The molecule has 0 radical (unpaired) electrons. The number of nitrogens with zero attached hydrogens (tertiary/aromatic N) is 2. The van der Waals surface area contributed by atoms with Gasteiger partial charge in [0.25, 0.3) is 0 Å². The summed E-state index contributed by atoms with van der Waals surface area (Å²) in [5.74, 6) is -0.228. The van der Waals surface area contributed by atoms with E-state index in [9.17, 15) is 10.1 Å². The van der Waals surface area contributed by atoms with Crippen molar-refractivity contribution in [3.63, 3.8) is 0 Å². The van der Waals surface area contributed by atoms with Crippen LogP contribution in [0.1, 0.15) is 29.1 Å². The molecule has 0 atom stereocenters. The number of hydrogen-bond acceptors (Lipinski definition) is 4. The molecule has 2 aromatic rings. The maximum absolute atomic E-state index is 12.1. The van der Waals surface area contributed by atoms with Crippen LogP contribution in [0.5, 0.6) is 0 Å². The molecule has 0 aliphatic carbocycles. The van der Waals surface area contributed by atoms with Crippen molar-refractivity contribution in [2.24, 2.45) is 0 Å². The summed E-state index contributed by atoms with van der Waals surface area (Å²) < 4.78 is 0. The molecular weight excluding hydrogens is 316 g/mol. The fraction of sp³-hybridized carbons (Fsp3) is 0.200. The number of carbonyl (C=O) groups excluding carboxylic acids is 1. The van der Waals surface area contributed by atoms with Gasteiger partial charge in [-0.25, -0.2) is 0 Å². The van der Waals surface area contributed by atoms with E-state index in [1.54, 1.807) is 24.3 Å². The second-order valence-corrected chi connectivity index (χ2v) is 6.07. The van der Waals surface area contributed by atoms with Crippen molar-refractivity contribution >= 4 is 28.9 Å². The van der Waals surface area contributed by atoms with E-state index in [2.05, 4.69) is 30.9 Å². The highest BCUT2D eigenvalue weighted by Gasteiger charge is 2.11. The molecule has 0 aliphatic rings. The molecule has 0 saturated heterocycles. The van der Waals surface area contributed by atoms with Crippen LogP contribution in [0.2, 0.25) is 0 Å². The highest BCUT2D eigenvalue weighted by molar-refractivity contribution is 7.12. The molecule has 0 saturated carbocycles. The highest BCUT2D eigenvalue weighted by atomic mass is 32.1. The molecule has 3 nitrogen and oxygen atoms in total. The number of Topliss-reactive ketones (excluding diaryl/α,β-unsaturated/α-hetero) is 1. The Labute approximate surface area is 147 Å². The number of ketones is 1. The lowest BCUT2D eigenvalue weighted by atomic mass is 10.1. The zero-order valence-corrected chi connectivity index (χ0v) is 14.7. The first-order valence-corrected chi connectivity index (χ1v) is 8.79. The summed E-state index contributed by atoms with van der Waals surface area (Å²) in [6, 6.07) is 13.7. The lowest BCUT2D eigenvalue weighted by molar-refractivity contribution is 0.104. The van der Waals surface area contributed by atoms with Gasteiger partial charge in [0.05, 0.1) is 4.88 Å². The molecule has 1 aromatic heterocycles. The van der Waals surface area contributed by atoms with Crippen LogP contribution in [0, 0.1) is 11.3 Å². The molecule has 1 heterocycles. The maximum atomic E-state index is 12.1. The molecule has 1 aromatic carbocycles. The normalized spacial score (nSPS) is 11.5. The van der Waals surface area contributed by atoms with E-state index in [1.807, 2.05) is 29.7 Å². The molecule has 0 bridgehead atoms. The molecule has 0 unspecified atom stereocenters. The molecule has 2 rings (SSSR count). The summed E-state index contributed by atoms with van der Waals surface area (Å²) >= 11 is 1.34. The van der Waals surface area contributed by atoms with Gasteiger partial charge in [0.1, 0.15) is 11.6 Å². The minimum Gasteiger partial charge on any atom is -0.372 e. The summed E-state index contributed by atoms with van der Waals surface area (Å²) in [6.07, 6.45) is 5.21. The van der Waals surface area contributed by atoms with Crippen LogP contribution in [0.25, 0.3) is 6.08 Å². The fourth-order valence-corrected chi connectivity index (χ4v) is 3.02. The first kappa shape index (κ1) is 17.7. The largest absolute Gasteiger partial charge is 0.372 e. The number of nitriles is 1. The Hall–Kier alpha value is -2.64. The molecule has 0 N–H and O–H groups in total. The van der Waals surface area contributed by atoms with Crippen LogP contribution >= 0.6 is 11.3 Å². The van der Waals surface area contributed by atoms with Gasteiger partial charge in [0.2, 0.25) is 5.78 Å². The topological polar surface area (TPSA) is 44.1 Å². The van der Waals surface area contributed by atoms with Crippen LogP contribution in [0.15, 0.2) is 59.5 Å². The number of anilines is 1. The average molecular weight is 336 g/mol. The smallest absolute Gasteiger partial charge is 0.213 e. The molecule has 0 amide bonds. The van der Waals surface area contributed by atoms with Crippen LogP contribution in [-0.2, 0) is 0 Å². The van der Waals surface area contributed by atoms with E-state index in [0.717, 1.165) is 18.7 Å². The number of benzene rings is 1. The van der Waals surface area contributed by atoms with Gasteiger partial charge >= 0.3 is 0 Å². The van der Waals surface area contributed by atoms with Crippen molar-refractivity contribution in [2.45, 2.75) is 13.8 Å². The second kappa shape index (κ2) is 8.85. The number of hydrogen-bond donors (Lipinski definition) is 0. The third kappa shape index (κ3) is 4.43. The second-order valence-electron chi connectivity index (χ2n) is 5.12. The predicted molar refractivity (Wildman–Crippen MR) is 101 cm³/mol. The molecule has 0 aliphatic heterocycles. The maximum Gasteiger partial charge on any atom is 0.213 e. The molecular formula is C20H20N2OS. The van der Waals surface area contributed by atoms with E-state index in [1.165, 1.54) is 17.0 Å². The Bertz CT molecular complexity index is 761. The van der Waals surface area contributed by atoms with Gasteiger partial charge in [0, 0.05) is 18.8 Å². The van der Waals surface area contributed by atoms with Gasteiger partial charge in [-0.05, 0) is 49.1 Å². The SMILES string of the molecule is CCN(CC)c1ccc(/C=C/C=C(/C#N)C(=O)c2cccs2)cc1. The zero-order valence-electron chi connectivity index (χ0n) is 13.9. The molecule has 24 heavy (non-hydrogen) atoms. The van der Waals surface area contributed by atoms with Crippen LogP contribution in [0.4, 0.5) is 5.69 Å². The standard InChI is InChI=1S/C20H20N2OS/c1-3-22(4-2)18-12-10-16(11-13-18)7-5-8-17(15-21)20(23)19-9-6-14-24-19/h5-14H,3-4H2,1-2H3/b7-5+,17-8-. The van der Waals surface area contributed by atoms with Crippen molar-refractivity contribution in [1.82, 2.24) is 0 Å². The lowest BCUT2D eigenvalue weighted by Crippen LogP contribution is -2.21. The number of thiophene rings is 1. The first-order valence-electron chi connectivity index (χ1n) is 7.91. The van der Waals surface area contributed by atoms with Crippen molar-refractivity contribution in [1.29, 1.82) is 5.26 Å². The summed E-state index contributed by atoms with van der Waals surface area (Å²) in [7, 11) is 0. The van der Waals surface area contributed by atoms with Gasteiger partial charge in [0.15, 0.2) is 0 Å². The van der Waals surface area contributed by atoms with E-state index in [0.29, 0.717) is 4.88 Å². The van der Waals surface area contributed by atoms with Gasteiger partial charge < -0.3 is 4.90 Å². The van der Waals surface area contributed by atoms with Crippen molar-refractivity contribution in [2.75, 3.05) is 18.0 Å². The third-order valence-corrected chi connectivity index (χ3v) is 4.55. The minimum atomic E-state index is -0.228. The summed E-state index contributed by atoms with van der Waals surface area (Å²) in [5.41, 5.74) is 2.37. The Morgan fingerprint density at radius 3 is 2.46 bits per heavy atom. The summed E-state index contributed by atoms with van der Waals surface area (Å²) in [5, 5.41) is 11.0. The zero-order chi connectivity index (χ0) is 17.4. The number of allylic oxidation sites excluding steroid dienone is 3. The Morgan fingerprint density at radius 2 is 1.92 bits per heavy atom. The van der Waals surface area contributed by atoms with Crippen LogP contribution < -0.4 is 4.90 Å². The van der Waals surface area contributed by atoms with Gasteiger partial charge in [-0.15, -0.1) is 11.3 Å². The Balaban J connectivity index is 2.09. The van der Waals surface area contributed by atoms with E-state index >= 15 is 0 Å².